The molecule has 5 nitrogen and oxygen atoms in total. The van der Waals surface area contributed by atoms with Crippen molar-refractivity contribution in [3.63, 3.8) is 0 Å². The van der Waals surface area contributed by atoms with Crippen molar-refractivity contribution >= 4 is 17.7 Å². The lowest BCUT2D eigenvalue weighted by atomic mass is 9.88. The van der Waals surface area contributed by atoms with Gasteiger partial charge in [-0.3, -0.25) is 4.79 Å². The minimum atomic E-state index is -0.476. The summed E-state index contributed by atoms with van der Waals surface area (Å²) < 4.78 is 5.36. The van der Waals surface area contributed by atoms with E-state index in [-0.39, 0.29) is 17.9 Å². The van der Waals surface area contributed by atoms with Gasteiger partial charge in [0, 0.05) is 25.2 Å². The maximum atomic E-state index is 12.4. The van der Waals surface area contributed by atoms with Gasteiger partial charge < -0.3 is 15.0 Å². The van der Waals surface area contributed by atoms with E-state index in [1.807, 2.05) is 39.0 Å². The zero-order chi connectivity index (χ0) is 19.9. The van der Waals surface area contributed by atoms with Crippen molar-refractivity contribution in [1.82, 2.24) is 4.90 Å². The van der Waals surface area contributed by atoms with Crippen LogP contribution in [0.4, 0.5) is 10.5 Å². The van der Waals surface area contributed by atoms with Gasteiger partial charge in [-0.1, -0.05) is 31.4 Å². The molecule has 1 aromatic rings. The number of benzene rings is 1. The first-order chi connectivity index (χ1) is 12.7. The van der Waals surface area contributed by atoms with E-state index in [2.05, 4.69) is 11.4 Å². The largest absolute Gasteiger partial charge is 0.444 e. The summed E-state index contributed by atoms with van der Waals surface area (Å²) in [4.78, 5) is 26.0. The molecule has 1 aliphatic carbocycles. The Bertz CT molecular complexity index is 631. The van der Waals surface area contributed by atoms with Crippen LogP contribution in [-0.4, -0.2) is 36.1 Å². The number of ether oxygens (including phenoxy) is 1. The van der Waals surface area contributed by atoms with Gasteiger partial charge in [0.15, 0.2) is 0 Å². The third-order valence-corrected chi connectivity index (χ3v) is 4.83. The predicted molar refractivity (Wildman–Crippen MR) is 109 cm³/mol. The maximum absolute atomic E-state index is 12.4. The van der Waals surface area contributed by atoms with E-state index in [0.717, 1.165) is 49.8 Å². The quantitative estimate of drug-likeness (QED) is 0.762. The van der Waals surface area contributed by atoms with E-state index in [9.17, 15) is 9.59 Å². The number of amides is 2. The average molecular weight is 375 g/mol. The molecular weight excluding hydrogens is 340 g/mol. The fourth-order valence-electron chi connectivity index (χ4n) is 3.37. The molecule has 0 heterocycles. The third-order valence-electron chi connectivity index (χ3n) is 4.83. The first-order valence-corrected chi connectivity index (χ1v) is 10.1. The van der Waals surface area contributed by atoms with Gasteiger partial charge in [-0.25, -0.2) is 4.79 Å². The van der Waals surface area contributed by atoms with Gasteiger partial charge in [0.25, 0.3) is 0 Å². The van der Waals surface area contributed by atoms with Crippen LogP contribution >= 0.6 is 0 Å². The van der Waals surface area contributed by atoms with E-state index < -0.39 is 5.60 Å². The molecule has 150 valence electrons. The lowest BCUT2D eigenvalue weighted by molar-refractivity contribution is -0.120. The number of hydrogen-bond acceptors (Lipinski definition) is 3. The van der Waals surface area contributed by atoms with E-state index in [1.165, 1.54) is 6.42 Å². The average Bonchev–Trinajstić information content (AvgIpc) is 2.61. The first-order valence-electron chi connectivity index (χ1n) is 10.1. The predicted octanol–water partition coefficient (Wildman–Crippen LogP) is 5.00. The number of anilines is 1. The molecule has 5 heteroatoms. The lowest BCUT2D eigenvalue weighted by Crippen LogP contribution is -2.34. The molecule has 1 fully saturated rings. The number of rotatable bonds is 6. The van der Waals surface area contributed by atoms with Crippen molar-refractivity contribution in [1.29, 1.82) is 0 Å². The van der Waals surface area contributed by atoms with Crippen LogP contribution in [0.1, 0.15) is 64.9 Å². The monoisotopic (exact) mass is 374 g/mol. The molecule has 2 rings (SSSR count). The van der Waals surface area contributed by atoms with Crippen molar-refractivity contribution in [3.05, 3.63) is 29.8 Å². The highest BCUT2D eigenvalue weighted by Gasteiger charge is 2.21. The van der Waals surface area contributed by atoms with Crippen LogP contribution in [0.15, 0.2) is 24.3 Å². The van der Waals surface area contributed by atoms with Crippen LogP contribution < -0.4 is 5.32 Å². The Labute approximate surface area is 163 Å². The molecule has 1 N–H and O–H groups in total. The Balaban J connectivity index is 1.79. The van der Waals surface area contributed by atoms with Crippen LogP contribution in [0.3, 0.4) is 0 Å². The highest BCUT2D eigenvalue weighted by atomic mass is 16.6. The fraction of sp³-hybridized carbons (Fsp3) is 0.636. The van der Waals surface area contributed by atoms with Gasteiger partial charge in [0.05, 0.1) is 0 Å². The topological polar surface area (TPSA) is 58.6 Å². The van der Waals surface area contributed by atoms with Crippen molar-refractivity contribution < 1.29 is 14.3 Å². The maximum Gasteiger partial charge on any atom is 0.410 e. The molecular formula is C22H34N2O3. The molecule has 1 aliphatic rings. The normalized spacial score (nSPS) is 15.3. The number of carbonyl (C=O) groups is 2. The molecule has 0 saturated heterocycles. The highest BCUT2D eigenvalue weighted by Crippen LogP contribution is 2.25. The number of hydrogen-bond donors (Lipinski definition) is 1. The second-order valence-electron chi connectivity index (χ2n) is 8.53. The standard InChI is InChI=1S/C22H34N2O3/c1-22(2,3)27-21(26)24(4)15-9-11-17-10-8-14-19(16-17)23-20(25)18-12-6-5-7-13-18/h8,10,14,16,18H,5-7,9,11-13,15H2,1-4H3,(H,23,25). The van der Waals surface area contributed by atoms with E-state index in [1.54, 1.807) is 11.9 Å². The Hall–Kier alpha value is -2.04. The minimum absolute atomic E-state index is 0.150. The second kappa shape index (κ2) is 9.77. The Morgan fingerprint density at radius 2 is 1.89 bits per heavy atom. The van der Waals surface area contributed by atoms with Crippen molar-refractivity contribution in [2.45, 2.75) is 71.3 Å². The molecule has 27 heavy (non-hydrogen) atoms. The molecule has 0 unspecified atom stereocenters. The number of carbonyl (C=O) groups excluding carboxylic acids is 2. The van der Waals surface area contributed by atoms with Gasteiger partial charge in [0.1, 0.15) is 5.60 Å². The molecule has 0 atom stereocenters. The number of nitrogens with zero attached hydrogens (tertiary/aromatic N) is 1. The zero-order valence-electron chi connectivity index (χ0n) is 17.2. The first kappa shape index (κ1) is 21.3. The summed E-state index contributed by atoms with van der Waals surface area (Å²) in [6, 6.07) is 8.01. The Morgan fingerprint density at radius 1 is 1.19 bits per heavy atom. The van der Waals surface area contributed by atoms with Crippen LogP contribution in [-0.2, 0) is 16.0 Å². The minimum Gasteiger partial charge on any atom is -0.444 e. The number of aryl methyl sites for hydroxylation is 1. The molecule has 0 aliphatic heterocycles. The van der Waals surface area contributed by atoms with Gasteiger partial charge in [0.2, 0.25) is 5.91 Å². The summed E-state index contributed by atoms with van der Waals surface area (Å²) in [6.07, 6.45) is 6.96. The van der Waals surface area contributed by atoms with Gasteiger partial charge in [-0.15, -0.1) is 0 Å². The second-order valence-corrected chi connectivity index (χ2v) is 8.53. The van der Waals surface area contributed by atoms with Crippen molar-refractivity contribution in [2.24, 2.45) is 5.92 Å². The van der Waals surface area contributed by atoms with Crippen molar-refractivity contribution in [3.8, 4) is 0 Å². The summed E-state index contributed by atoms with van der Waals surface area (Å²) >= 11 is 0. The smallest absolute Gasteiger partial charge is 0.410 e. The lowest BCUT2D eigenvalue weighted by Gasteiger charge is -2.24. The van der Waals surface area contributed by atoms with Crippen LogP contribution in [0.25, 0.3) is 0 Å². The van der Waals surface area contributed by atoms with Crippen LogP contribution in [0.2, 0.25) is 0 Å². The van der Waals surface area contributed by atoms with Gasteiger partial charge >= 0.3 is 6.09 Å². The molecule has 0 radical (unpaired) electrons. The van der Waals surface area contributed by atoms with Crippen molar-refractivity contribution in [2.75, 3.05) is 18.9 Å². The Kier molecular flexibility index (Phi) is 7.69. The van der Waals surface area contributed by atoms with Crippen LogP contribution in [0.5, 0.6) is 0 Å². The molecule has 2 amide bonds. The van der Waals surface area contributed by atoms with Gasteiger partial charge in [-0.2, -0.15) is 0 Å². The highest BCUT2D eigenvalue weighted by molar-refractivity contribution is 5.92. The third kappa shape index (κ3) is 7.61. The summed E-state index contributed by atoms with van der Waals surface area (Å²) in [5.74, 6) is 0.307. The summed E-state index contributed by atoms with van der Waals surface area (Å²) in [5.41, 5.74) is 1.55. The molecule has 0 bridgehead atoms. The molecule has 1 aromatic carbocycles. The van der Waals surface area contributed by atoms with Crippen LogP contribution in [0, 0.1) is 5.92 Å². The SMILES string of the molecule is CN(CCCc1cccc(NC(=O)C2CCCCC2)c1)C(=O)OC(C)(C)C. The van der Waals surface area contributed by atoms with Gasteiger partial charge in [-0.05, 0) is 64.2 Å². The summed E-state index contributed by atoms with van der Waals surface area (Å²) in [6.45, 7) is 6.23. The van der Waals surface area contributed by atoms with E-state index in [0.29, 0.717) is 6.54 Å². The number of nitrogens with one attached hydrogen (secondary N) is 1. The summed E-state index contributed by atoms with van der Waals surface area (Å²) in [7, 11) is 1.76. The van der Waals surface area contributed by atoms with E-state index in [4.69, 9.17) is 4.74 Å². The molecule has 1 saturated carbocycles. The molecule has 0 aromatic heterocycles. The summed E-state index contributed by atoms with van der Waals surface area (Å²) in [5, 5.41) is 3.07. The Morgan fingerprint density at radius 3 is 2.56 bits per heavy atom. The molecule has 0 spiro atoms. The zero-order valence-corrected chi connectivity index (χ0v) is 17.2. The fourth-order valence-corrected chi connectivity index (χ4v) is 3.37. The van der Waals surface area contributed by atoms with E-state index >= 15 is 0 Å².